The molecule has 0 saturated carbocycles. The maximum absolute atomic E-state index is 5.97. The van der Waals surface area contributed by atoms with Crippen LogP contribution in [0.3, 0.4) is 0 Å². The predicted octanol–water partition coefficient (Wildman–Crippen LogP) is 2.22. The van der Waals surface area contributed by atoms with E-state index in [0.29, 0.717) is 23.9 Å². The van der Waals surface area contributed by atoms with Gasteiger partial charge in [0.25, 0.3) is 0 Å². The second-order valence-corrected chi connectivity index (χ2v) is 5.29. The van der Waals surface area contributed by atoms with Gasteiger partial charge in [0.05, 0.1) is 12.6 Å². The number of nitrogens with one attached hydrogen (secondary N) is 1. The van der Waals surface area contributed by atoms with E-state index < -0.39 is 0 Å². The van der Waals surface area contributed by atoms with Gasteiger partial charge in [-0.3, -0.25) is 0 Å². The Labute approximate surface area is 116 Å². The summed E-state index contributed by atoms with van der Waals surface area (Å²) in [4.78, 5) is 12.5. The third-order valence-corrected chi connectivity index (χ3v) is 3.23. The topological polar surface area (TPSA) is 86.0 Å². The van der Waals surface area contributed by atoms with Crippen LogP contribution in [0.1, 0.15) is 24.5 Å². The number of nitrogen functional groups attached to an aromatic ring is 1. The molecule has 0 aliphatic heterocycles. The van der Waals surface area contributed by atoms with E-state index in [9.17, 15) is 0 Å². The fourth-order valence-electron chi connectivity index (χ4n) is 1.48. The highest BCUT2D eigenvalue weighted by atomic mass is 32.1. The molecular formula is C12H17N5OS. The molecular weight excluding hydrogens is 262 g/mol. The van der Waals surface area contributed by atoms with Gasteiger partial charge in [0.2, 0.25) is 5.88 Å². The van der Waals surface area contributed by atoms with Gasteiger partial charge in [-0.2, -0.15) is 4.98 Å². The fraction of sp³-hybridized carbons (Fsp3) is 0.417. The summed E-state index contributed by atoms with van der Waals surface area (Å²) in [5.41, 5.74) is 7.41. The minimum Gasteiger partial charge on any atom is -0.473 e. The lowest BCUT2D eigenvalue weighted by Gasteiger charge is -2.13. The first-order valence-corrected chi connectivity index (χ1v) is 6.86. The summed E-state index contributed by atoms with van der Waals surface area (Å²) in [7, 11) is 0. The monoisotopic (exact) mass is 279 g/mol. The summed E-state index contributed by atoms with van der Waals surface area (Å²) in [6.45, 7) is 6.40. The van der Waals surface area contributed by atoms with Crippen molar-refractivity contribution in [3.63, 3.8) is 0 Å². The fourth-order valence-corrected chi connectivity index (χ4v) is 2.19. The zero-order valence-electron chi connectivity index (χ0n) is 11.2. The van der Waals surface area contributed by atoms with Crippen molar-refractivity contribution in [2.75, 3.05) is 11.1 Å². The Morgan fingerprint density at radius 3 is 2.84 bits per heavy atom. The molecule has 7 heteroatoms. The van der Waals surface area contributed by atoms with Gasteiger partial charge in [-0.15, -0.1) is 11.3 Å². The van der Waals surface area contributed by atoms with Crippen molar-refractivity contribution in [1.82, 2.24) is 15.0 Å². The highest BCUT2D eigenvalue weighted by molar-refractivity contribution is 7.09. The number of hydrogen-bond acceptors (Lipinski definition) is 7. The van der Waals surface area contributed by atoms with Crippen molar-refractivity contribution in [1.29, 1.82) is 0 Å². The van der Waals surface area contributed by atoms with Gasteiger partial charge in [-0.1, -0.05) is 0 Å². The minimum atomic E-state index is 0.0201. The van der Waals surface area contributed by atoms with Gasteiger partial charge < -0.3 is 15.8 Å². The molecule has 2 heterocycles. The lowest BCUT2D eigenvalue weighted by atomic mass is 10.4. The number of anilines is 2. The van der Waals surface area contributed by atoms with Crippen LogP contribution in [-0.4, -0.2) is 21.1 Å². The maximum Gasteiger partial charge on any atom is 0.242 e. The molecule has 0 atom stereocenters. The second kappa shape index (κ2) is 5.83. The van der Waals surface area contributed by atoms with E-state index in [1.54, 1.807) is 11.3 Å². The van der Waals surface area contributed by atoms with E-state index in [1.807, 2.05) is 26.2 Å². The first-order valence-electron chi connectivity index (χ1n) is 5.98. The summed E-state index contributed by atoms with van der Waals surface area (Å²) >= 11 is 1.60. The van der Waals surface area contributed by atoms with E-state index in [0.717, 1.165) is 10.7 Å². The smallest absolute Gasteiger partial charge is 0.242 e. The molecule has 2 rings (SSSR count). The van der Waals surface area contributed by atoms with Crippen LogP contribution in [0.15, 0.2) is 11.7 Å². The summed E-state index contributed by atoms with van der Waals surface area (Å²) < 4.78 is 5.51. The van der Waals surface area contributed by atoms with Crippen molar-refractivity contribution in [2.24, 2.45) is 0 Å². The van der Waals surface area contributed by atoms with Crippen LogP contribution in [0, 0.1) is 6.92 Å². The van der Waals surface area contributed by atoms with Gasteiger partial charge in [0, 0.05) is 11.1 Å². The summed E-state index contributed by atoms with van der Waals surface area (Å²) in [6.07, 6.45) is 1.45. The number of nitrogens with two attached hydrogens (primary N) is 1. The molecule has 0 spiro atoms. The Hall–Kier alpha value is -1.89. The van der Waals surface area contributed by atoms with E-state index in [-0.39, 0.29) is 6.10 Å². The Morgan fingerprint density at radius 2 is 2.21 bits per heavy atom. The molecule has 2 aromatic rings. The third kappa shape index (κ3) is 3.54. The summed E-state index contributed by atoms with van der Waals surface area (Å²) in [6, 6.07) is 0. The number of ether oxygens (including phenoxy) is 1. The van der Waals surface area contributed by atoms with Gasteiger partial charge in [-0.05, 0) is 20.8 Å². The molecule has 102 valence electrons. The number of aromatic nitrogens is 3. The van der Waals surface area contributed by atoms with Gasteiger partial charge in [-0.25, -0.2) is 9.97 Å². The molecule has 0 aromatic carbocycles. The highest BCUT2D eigenvalue weighted by Crippen LogP contribution is 2.25. The molecule has 0 radical (unpaired) electrons. The van der Waals surface area contributed by atoms with E-state index in [1.165, 1.54) is 6.33 Å². The van der Waals surface area contributed by atoms with Gasteiger partial charge in [0.1, 0.15) is 17.0 Å². The molecule has 19 heavy (non-hydrogen) atoms. The van der Waals surface area contributed by atoms with Crippen molar-refractivity contribution in [3.8, 4) is 5.88 Å². The summed E-state index contributed by atoms with van der Waals surface area (Å²) in [5.74, 6) is 0.973. The number of hydrogen-bond donors (Lipinski definition) is 2. The average molecular weight is 279 g/mol. The van der Waals surface area contributed by atoms with Gasteiger partial charge in [0.15, 0.2) is 5.82 Å². The SMILES string of the molecule is Cc1csc(CNc2ncnc(OC(C)C)c2N)n1. The minimum absolute atomic E-state index is 0.0201. The van der Waals surface area contributed by atoms with Crippen LogP contribution < -0.4 is 15.8 Å². The number of aryl methyl sites for hydroxylation is 1. The number of nitrogens with zero attached hydrogens (tertiary/aromatic N) is 3. The molecule has 0 amide bonds. The Kier molecular flexibility index (Phi) is 4.16. The van der Waals surface area contributed by atoms with Crippen molar-refractivity contribution in [3.05, 3.63) is 22.4 Å². The first kappa shape index (κ1) is 13.5. The van der Waals surface area contributed by atoms with Crippen LogP contribution in [0.5, 0.6) is 5.88 Å². The molecule has 0 bridgehead atoms. The molecule has 6 nitrogen and oxygen atoms in total. The molecule has 0 unspecified atom stereocenters. The third-order valence-electron chi connectivity index (χ3n) is 2.27. The number of thiazole rings is 1. The van der Waals surface area contributed by atoms with Crippen LogP contribution in [0.4, 0.5) is 11.5 Å². The zero-order chi connectivity index (χ0) is 13.8. The van der Waals surface area contributed by atoms with Crippen LogP contribution in [0.2, 0.25) is 0 Å². The van der Waals surface area contributed by atoms with Crippen LogP contribution >= 0.6 is 11.3 Å². The second-order valence-electron chi connectivity index (χ2n) is 4.34. The highest BCUT2D eigenvalue weighted by Gasteiger charge is 2.10. The molecule has 3 N–H and O–H groups in total. The van der Waals surface area contributed by atoms with Crippen molar-refractivity contribution in [2.45, 2.75) is 33.4 Å². The zero-order valence-corrected chi connectivity index (χ0v) is 12.0. The Morgan fingerprint density at radius 1 is 1.42 bits per heavy atom. The Bertz CT molecular complexity index is 555. The first-order chi connectivity index (χ1) is 9.06. The predicted molar refractivity (Wildman–Crippen MR) is 76.4 cm³/mol. The van der Waals surface area contributed by atoms with E-state index in [2.05, 4.69) is 20.3 Å². The lowest BCUT2D eigenvalue weighted by molar-refractivity contribution is 0.234. The molecule has 0 saturated heterocycles. The molecule has 0 aliphatic rings. The molecule has 0 aliphatic carbocycles. The lowest BCUT2D eigenvalue weighted by Crippen LogP contribution is -2.11. The van der Waals surface area contributed by atoms with Crippen molar-refractivity contribution < 1.29 is 4.74 Å². The maximum atomic E-state index is 5.97. The van der Waals surface area contributed by atoms with E-state index in [4.69, 9.17) is 10.5 Å². The number of rotatable bonds is 5. The molecule has 0 fully saturated rings. The average Bonchev–Trinajstić information content (AvgIpc) is 2.76. The normalized spacial score (nSPS) is 10.7. The molecule has 2 aromatic heterocycles. The quantitative estimate of drug-likeness (QED) is 0.872. The van der Waals surface area contributed by atoms with E-state index >= 15 is 0 Å². The van der Waals surface area contributed by atoms with Gasteiger partial charge >= 0.3 is 0 Å². The standard InChI is InChI=1S/C12H17N5OS/c1-7(2)18-12-10(13)11(15-6-16-12)14-4-9-17-8(3)5-19-9/h5-7H,4,13H2,1-3H3,(H,14,15,16). The Balaban J connectivity index is 2.08. The summed E-state index contributed by atoms with van der Waals surface area (Å²) in [5, 5.41) is 6.14. The van der Waals surface area contributed by atoms with Crippen molar-refractivity contribution >= 4 is 22.8 Å². The largest absolute Gasteiger partial charge is 0.473 e. The van der Waals surface area contributed by atoms with Crippen LogP contribution in [0.25, 0.3) is 0 Å². The van der Waals surface area contributed by atoms with Crippen LogP contribution in [-0.2, 0) is 6.54 Å².